The highest BCUT2D eigenvalue weighted by molar-refractivity contribution is 9.10. The third-order valence-electron chi connectivity index (χ3n) is 2.71. The van der Waals surface area contributed by atoms with Crippen LogP contribution in [0.5, 0.6) is 0 Å². The normalized spacial score (nSPS) is 14.0. The standard InChI is InChI=1S/C14H16BrClN4O3/c1-14(2,3)23-13(22)20(4)11-10-7(5-9(15)17-11)8(6-16)18-19-12(10)21/h5H,6H2,1-4H3,(H,19,21)/i4D3. The van der Waals surface area contributed by atoms with Crippen LogP contribution in [-0.4, -0.2) is 33.9 Å². The number of H-pyrrole nitrogens is 1. The van der Waals surface area contributed by atoms with Gasteiger partial charge < -0.3 is 4.74 Å². The predicted molar refractivity (Wildman–Crippen MR) is 92.1 cm³/mol. The number of halogens is 2. The van der Waals surface area contributed by atoms with Crippen molar-refractivity contribution < 1.29 is 13.6 Å². The number of carbonyl (C=O) groups is 1. The lowest BCUT2D eigenvalue weighted by Gasteiger charge is -2.24. The molecule has 1 N–H and O–H groups in total. The molecule has 9 heteroatoms. The lowest BCUT2D eigenvalue weighted by atomic mass is 10.2. The number of pyridine rings is 1. The van der Waals surface area contributed by atoms with Gasteiger partial charge in [-0.3, -0.25) is 9.69 Å². The quantitative estimate of drug-likeness (QED) is 0.611. The lowest BCUT2D eigenvalue weighted by Crippen LogP contribution is -2.35. The maximum absolute atomic E-state index is 12.6. The average Bonchev–Trinajstić information content (AvgIpc) is 2.43. The molecule has 0 unspecified atom stereocenters. The number of nitrogens with zero attached hydrogens (tertiary/aromatic N) is 3. The molecule has 0 aromatic carbocycles. The van der Waals surface area contributed by atoms with E-state index < -0.39 is 24.2 Å². The maximum Gasteiger partial charge on any atom is 0.415 e. The molecule has 23 heavy (non-hydrogen) atoms. The predicted octanol–water partition coefficient (Wildman–Crippen LogP) is 3.19. The molecular weight excluding hydrogens is 388 g/mol. The highest BCUT2D eigenvalue weighted by Crippen LogP contribution is 2.27. The first-order valence-corrected chi connectivity index (χ1v) is 7.85. The van der Waals surface area contributed by atoms with Gasteiger partial charge in [-0.15, -0.1) is 11.6 Å². The Hall–Kier alpha value is -1.67. The van der Waals surface area contributed by atoms with Gasteiger partial charge in [0, 0.05) is 16.5 Å². The molecule has 2 heterocycles. The second kappa shape index (κ2) is 6.45. The van der Waals surface area contributed by atoms with Gasteiger partial charge in [0.2, 0.25) is 0 Å². The van der Waals surface area contributed by atoms with Crippen molar-refractivity contribution in [1.82, 2.24) is 15.2 Å². The minimum Gasteiger partial charge on any atom is -0.443 e. The van der Waals surface area contributed by atoms with Gasteiger partial charge in [0.15, 0.2) is 5.82 Å². The molecule has 0 aliphatic heterocycles. The summed E-state index contributed by atoms with van der Waals surface area (Å²) in [5.74, 6) is -0.415. The van der Waals surface area contributed by atoms with Crippen molar-refractivity contribution in [2.75, 3.05) is 11.9 Å². The second-order valence-corrected chi connectivity index (χ2v) is 6.72. The molecule has 0 saturated heterocycles. The average molecular weight is 407 g/mol. The zero-order chi connectivity index (χ0) is 19.9. The number of hydrogen-bond donors (Lipinski definition) is 1. The Labute approximate surface area is 150 Å². The fraction of sp³-hybridized carbons (Fsp3) is 0.429. The molecule has 2 aromatic rings. The number of rotatable bonds is 2. The third-order valence-corrected chi connectivity index (χ3v) is 3.37. The fourth-order valence-corrected chi connectivity index (χ4v) is 2.45. The Balaban J connectivity index is 2.83. The summed E-state index contributed by atoms with van der Waals surface area (Å²) in [6, 6.07) is 1.48. The van der Waals surface area contributed by atoms with Gasteiger partial charge >= 0.3 is 6.09 Å². The summed E-state index contributed by atoms with van der Waals surface area (Å²) in [6.07, 6.45) is -1.16. The van der Waals surface area contributed by atoms with Gasteiger partial charge in [-0.1, -0.05) is 0 Å². The SMILES string of the molecule is [2H]C([2H])([2H])N(C(=O)OC(C)(C)C)c1nc(Br)cc2c(CCl)n[nH]c(=O)c12. The van der Waals surface area contributed by atoms with Crippen LogP contribution in [0.1, 0.15) is 30.6 Å². The zero-order valence-corrected chi connectivity index (χ0v) is 14.9. The van der Waals surface area contributed by atoms with Crippen LogP contribution in [-0.2, 0) is 10.6 Å². The number of amides is 1. The first kappa shape index (κ1) is 13.7. The maximum atomic E-state index is 12.6. The summed E-state index contributed by atoms with van der Waals surface area (Å²) in [5.41, 5.74) is -1.35. The number of ether oxygens (including phenoxy) is 1. The van der Waals surface area contributed by atoms with Crippen LogP contribution in [0.2, 0.25) is 0 Å². The van der Waals surface area contributed by atoms with Gasteiger partial charge in [-0.2, -0.15) is 5.10 Å². The second-order valence-electron chi connectivity index (χ2n) is 5.64. The fourth-order valence-electron chi connectivity index (χ4n) is 1.84. The summed E-state index contributed by atoms with van der Waals surface area (Å²) >= 11 is 9.01. The number of fused-ring (bicyclic) bond motifs is 1. The summed E-state index contributed by atoms with van der Waals surface area (Å²) in [5, 5.41) is 6.23. The third kappa shape index (κ3) is 3.81. The Kier molecular flexibility index (Phi) is 3.85. The van der Waals surface area contributed by atoms with Crippen molar-refractivity contribution >= 4 is 50.2 Å². The van der Waals surface area contributed by atoms with E-state index in [1.165, 1.54) is 6.07 Å². The van der Waals surface area contributed by atoms with E-state index in [1.54, 1.807) is 20.8 Å². The monoisotopic (exact) mass is 405 g/mol. The Bertz CT molecular complexity index is 911. The molecule has 7 nitrogen and oxygen atoms in total. The van der Waals surface area contributed by atoms with Crippen molar-refractivity contribution in [2.24, 2.45) is 0 Å². The van der Waals surface area contributed by atoms with Crippen molar-refractivity contribution in [3.8, 4) is 0 Å². The molecule has 0 aliphatic carbocycles. The number of hydrogen-bond acceptors (Lipinski definition) is 5. The van der Waals surface area contributed by atoms with Crippen molar-refractivity contribution in [2.45, 2.75) is 32.3 Å². The van der Waals surface area contributed by atoms with Crippen LogP contribution in [0.25, 0.3) is 10.8 Å². The first-order chi connectivity index (χ1) is 11.8. The number of aromatic amines is 1. The number of alkyl halides is 1. The number of aromatic nitrogens is 3. The molecule has 0 radical (unpaired) electrons. The number of nitrogens with one attached hydrogen (secondary N) is 1. The van der Waals surface area contributed by atoms with E-state index in [0.717, 1.165) is 0 Å². The highest BCUT2D eigenvalue weighted by Gasteiger charge is 2.24. The lowest BCUT2D eigenvalue weighted by molar-refractivity contribution is 0.0588. The Morgan fingerprint density at radius 3 is 2.83 bits per heavy atom. The van der Waals surface area contributed by atoms with E-state index in [2.05, 4.69) is 31.1 Å². The molecule has 0 spiro atoms. The van der Waals surface area contributed by atoms with Crippen LogP contribution < -0.4 is 10.5 Å². The highest BCUT2D eigenvalue weighted by atomic mass is 79.9. The molecule has 0 atom stereocenters. The van der Waals surface area contributed by atoms with Gasteiger partial charge in [-0.25, -0.2) is 14.9 Å². The summed E-state index contributed by atoms with van der Waals surface area (Å²) in [4.78, 5) is 29.3. The molecular formula is C14H16BrClN4O3. The van der Waals surface area contributed by atoms with E-state index in [4.69, 9.17) is 20.5 Å². The van der Waals surface area contributed by atoms with Crippen LogP contribution in [0.3, 0.4) is 0 Å². The van der Waals surface area contributed by atoms with Gasteiger partial charge in [0.25, 0.3) is 5.56 Å². The van der Waals surface area contributed by atoms with Crippen LogP contribution >= 0.6 is 27.5 Å². The van der Waals surface area contributed by atoms with Crippen molar-refractivity contribution in [3.05, 3.63) is 26.7 Å². The largest absolute Gasteiger partial charge is 0.443 e. The number of anilines is 1. The summed E-state index contributed by atoms with van der Waals surface area (Å²) < 4.78 is 28.6. The molecule has 2 rings (SSSR count). The van der Waals surface area contributed by atoms with E-state index in [9.17, 15) is 9.59 Å². The minimum absolute atomic E-state index is 0.0383. The van der Waals surface area contributed by atoms with E-state index in [1.807, 2.05) is 0 Å². The topological polar surface area (TPSA) is 88.2 Å². The molecule has 0 bridgehead atoms. The van der Waals surface area contributed by atoms with Crippen LogP contribution in [0.4, 0.5) is 10.6 Å². The molecule has 124 valence electrons. The molecule has 0 fully saturated rings. The zero-order valence-electron chi connectivity index (χ0n) is 15.6. The van der Waals surface area contributed by atoms with Crippen molar-refractivity contribution in [1.29, 1.82) is 0 Å². The Morgan fingerprint density at radius 2 is 2.26 bits per heavy atom. The molecule has 2 aromatic heterocycles. The smallest absolute Gasteiger partial charge is 0.415 e. The van der Waals surface area contributed by atoms with Gasteiger partial charge in [0.05, 0.1) is 17.0 Å². The van der Waals surface area contributed by atoms with Crippen LogP contribution in [0, 0.1) is 0 Å². The van der Waals surface area contributed by atoms with E-state index >= 15 is 0 Å². The van der Waals surface area contributed by atoms with Crippen molar-refractivity contribution in [3.63, 3.8) is 0 Å². The minimum atomic E-state index is -2.94. The van der Waals surface area contributed by atoms with Gasteiger partial charge in [0.1, 0.15) is 10.2 Å². The summed E-state index contributed by atoms with van der Waals surface area (Å²) in [6.45, 7) is 1.84. The van der Waals surface area contributed by atoms with E-state index in [0.29, 0.717) is 10.6 Å². The molecule has 1 amide bonds. The molecule has 0 aliphatic rings. The Morgan fingerprint density at radius 1 is 1.57 bits per heavy atom. The van der Waals surface area contributed by atoms with Gasteiger partial charge in [-0.05, 0) is 42.8 Å². The van der Waals surface area contributed by atoms with Crippen LogP contribution in [0.15, 0.2) is 15.5 Å². The molecule has 0 saturated carbocycles. The summed E-state index contributed by atoms with van der Waals surface area (Å²) in [7, 11) is 0. The first-order valence-electron chi connectivity index (χ1n) is 8.02. The number of carbonyl (C=O) groups excluding carboxylic acids is 1. The van der Waals surface area contributed by atoms with E-state index in [-0.39, 0.29) is 27.1 Å².